The van der Waals surface area contributed by atoms with Gasteiger partial charge in [-0.25, -0.2) is 4.79 Å². The number of hydrogen-bond acceptors (Lipinski definition) is 3. The van der Waals surface area contributed by atoms with Crippen molar-refractivity contribution in [2.75, 3.05) is 6.54 Å². The normalized spacial score (nSPS) is 12.6. The SMILES string of the molecule is CCCN(C=O)C(C(=O)O)c1ccccc1OC(F)(F)F. The van der Waals surface area contributed by atoms with Crippen LogP contribution in [0.15, 0.2) is 24.3 Å². The van der Waals surface area contributed by atoms with E-state index in [1.807, 2.05) is 0 Å². The van der Waals surface area contributed by atoms with Crippen LogP contribution >= 0.6 is 0 Å². The number of para-hydroxylation sites is 1. The van der Waals surface area contributed by atoms with Crippen molar-refractivity contribution in [3.63, 3.8) is 0 Å². The fourth-order valence-corrected chi connectivity index (χ4v) is 1.88. The van der Waals surface area contributed by atoms with E-state index in [0.29, 0.717) is 12.8 Å². The van der Waals surface area contributed by atoms with Gasteiger partial charge in [-0.3, -0.25) is 4.79 Å². The van der Waals surface area contributed by atoms with E-state index in [4.69, 9.17) is 0 Å². The molecule has 0 heterocycles. The van der Waals surface area contributed by atoms with Crippen LogP contribution < -0.4 is 4.74 Å². The van der Waals surface area contributed by atoms with Gasteiger partial charge in [-0.15, -0.1) is 13.2 Å². The first-order chi connectivity index (χ1) is 9.80. The number of benzene rings is 1. The minimum Gasteiger partial charge on any atom is -0.479 e. The van der Waals surface area contributed by atoms with Crippen LogP contribution in [-0.4, -0.2) is 35.3 Å². The van der Waals surface area contributed by atoms with Crippen LogP contribution in [0, 0.1) is 0 Å². The molecule has 0 bridgehead atoms. The molecule has 0 fully saturated rings. The van der Waals surface area contributed by atoms with Crippen LogP contribution in [0.1, 0.15) is 24.9 Å². The maximum Gasteiger partial charge on any atom is 0.573 e. The number of aliphatic carboxylic acids is 1. The van der Waals surface area contributed by atoms with Gasteiger partial charge in [-0.2, -0.15) is 0 Å². The van der Waals surface area contributed by atoms with Crippen LogP contribution in [0.4, 0.5) is 13.2 Å². The Morgan fingerprint density at radius 1 is 1.43 bits per heavy atom. The van der Waals surface area contributed by atoms with E-state index in [-0.39, 0.29) is 12.1 Å². The zero-order valence-electron chi connectivity index (χ0n) is 11.1. The van der Waals surface area contributed by atoms with Crippen LogP contribution in [-0.2, 0) is 9.59 Å². The van der Waals surface area contributed by atoms with Crippen molar-refractivity contribution in [2.24, 2.45) is 0 Å². The van der Waals surface area contributed by atoms with E-state index < -0.39 is 24.1 Å². The number of halogens is 3. The number of carbonyl (C=O) groups excluding carboxylic acids is 1. The Morgan fingerprint density at radius 2 is 2.05 bits per heavy atom. The Morgan fingerprint density at radius 3 is 2.52 bits per heavy atom. The Bertz CT molecular complexity index is 504. The summed E-state index contributed by atoms with van der Waals surface area (Å²) in [6.45, 7) is 1.81. The van der Waals surface area contributed by atoms with Crippen molar-refractivity contribution in [3.05, 3.63) is 29.8 Å². The Labute approximate surface area is 118 Å². The Balaban J connectivity index is 3.25. The second kappa shape index (κ2) is 6.96. The molecule has 1 atom stereocenters. The van der Waals surface area contributed by atoms with E-state index in [1.54, 1.807) is 6.92 Å². The highest BCUT2D eigenvalue weighted by molar-refractivity contribution is 5.79. The Kier molecular flexibility index (Phi) is 5.57. The van der Waals surface area contributed by atoms with Gasteiger partial charge in [-0.05, 0) is 12.5 Å². The average molecular weight is 305 g/mol. The summed E-state index contributed by atoms with van der Waals surface area (Å²) in [6.07, 6.45) is -4.19. The highest BCUT2D eigenvalue weighted by atomic mass is 19.4. The molecule has 8 heteroatoms. The molecule has 1 amide bonds. The molecular weight excluding hydrogens is 291 g/mol. The third-order valence-electron chi connectivity index (χ3n) is 2.62. The molecule has 0 spiro atoms. The third-order valence-corrected chi connectivity index (χ3v) is 2.62. The first-order valence-corrected chi connectivity index (χ1v) is 6.08. The van der Waals surface area contributed by atoms with Gasteiger partial charge in [0.05, 0.1) is 0 Å². The first kappa shape index (κ1) is 16.8. The lowest BCUT2D eigenvalue weighted by Gasteiger charge is -2.26. The van der Waals surface area contributed by atoms with Crippen LogP contribution in [0.3, 0.4) is 0 Å². The molecule has 116 valence electrons. The minimum absolute atomic E-state index is 0.0980. The molecule has 0 aliphatic heterocycles. The Hall–Kier alpha value is -2.25. The molecule has 0 saturated heterocycles. The number of alkyl halides is 3. The van der Waals surface area contributed by atoms with Crippen molar-refractivity contribution in [3.8, 4) is 5.75 Å². The number of ether oxygens (including phenoxy) is 1. The van der Waals surface area contributed by atoms with Crippen LogP contribution in [0.5, 0.6) is 5.75 Å². The number of carbonyl (C=O) groups is 2. The standard InChI is InChI=1S/C13H14F3NO4/c1-2-7-17(8-18)11(12(19)20)9-5-3-4-6-10(9)21-13(14,15)16/h3-6,8,11H,2,7H2,1H3,(H,19,20). The summed E-state index contributed by atoms with van der Waals surface area (Å²) in [7, 11) is 0. The van der Waals surface area contributed by atoms with E-state index in [1.165, 1.54) is 18.2 Å². The smallest absolute Gasteiger partial charge is 0.479 e. The number of hydrogen-bond donors (Lipinski definition) is 1. The lowest BCUT2D eigenvalue weighted by molar-refractivity contribution is -0.275. The number of amides is 1. The number of nitrogens with zero attached hydrogens (tertiary/aromatic N) is 1. The van der Waals surface area contributed by atoms with Gasteiger partial charge in [0.15, 0.2) is 6.04 Å². The van der Waals surface area contributed by atoms with Gasteiger partial charge >= 0.3 is 12.3 Å². The lowest BCUT2D eigenvalue weighted by atomic mass is 10.0. The fraction of sp³-hybridized carbons (Fsp3) is 0.385. The molecule has 21 heavy (non-hydrogen) atoms. The fourth-order valence-electron chi connectivity index (χ4n) is 1.88. The summed E-state index contributed by atoms with van der Waals surface area (Å²) in [5.74, 6) is -2.07. The van der Waals surface area contributed by atoms with Gasteiger partial charge in [0.2, 0.25) is 6.41 Å². The molecule has 5 nitrogen and oxygen atoms in total. The molecular formula is C13H14F3NO4. The zero-order valence-corrected chi connectivity index (χ0v) is 11.1. The molecule has 0 saturated carbocycles. The van der Waals surface area contributed by atoms with Gasteiger partial charge in [0, 0.05) is 12.1 Å². The third kappa shape index (κ3) is 4.66. The molecule has 1 rings (SSSR count). The van der Waals surface area contributed by atoms with Crippen molar-refractivity contribution in [2.45, 2.75) is 25.7 Å². The summed E-state index contributed by atoms with van der Waals surface area (Å²) < 4.78 is 40.9. The summed E-state index contributed by atoms with van der Waals surface area (Å²) in [4.78, 5) is 23.3. The molecule has 1 aromatic carbocycles. The van der Waals surface area contributed by atoms with Gasteiger partial charge in [-0.1, -0.05) is 25.1 Å². The number of carboxylic acids is 1. The molecule has 0 aliphatic carbocycles. The summed E-state index contributed by atoms with van der Waals surface area (Å²) >= 11 is 0. The average Bonchev–Trinajstić information content (AvgIpc) is 2.38. The van der Waals surface area contributed by atoms with Crippen LogP contribution in [0.2, 0.25) is 0 Å². The lowest BCUT2D eigenvalue weighted by Crippen LogP contribution is -2.34. The second-order valence-corrected chi connectivity index (χ2v) is 4.17. The monoisotopic (exact) mass is 305 g/mol. The van der Waals surface area contributed by atoms with E-state index >= 15 is 0 Å². The van der Waals surface area contributed by atoms with Gasteiger partial charge in [0.1, 0.15) is 5.75 Å². The van der Waals surface area contributed by atoms with E-state index in [2.05, 4.69) is 4.74 Å². The maximum absolute atomic E-state index is 12.4. The molecule has 0 aromatic heterocycles. The van der Waals surface area contributed by atoms with E-state index in [9.17, 15) is 27.9 Å². The van der Waals surface area contributed by atoms with Crippen molar-refractivity contribution in [1.82, 2.24) is 4.90 Å². The maximum atomic E-state index is 12.4. The quantitative estimate of drug-likeness (QED) is 0.786. The van der Waals surface area contributed by atoms with Crippen molar-refractivity contribution in [1.29, 1.82) is 0 Å². The molecule has 0 radical (unpaired) electrons. The van der Waals surface area contributed by atoms with Crippen molar-refractivity contribution < 1.29 is 32.6 Å². The molecule has 1 unspecified atom stereocenters. The van der Waals surface area contributed by atoms with Crippen LogP contribution in [0.25, 0.3) is 0 Å². The second-order valence-electron chi connectivity index (χ2n) is 4.17. The molecule has 0 aliphatic rings. The summed E-state index contributed by atoms with van der Waals surface area (Å²) in [6, 6.07) is 3.32. The predicted molar refractivity (Wildman–Crippen MR) is 66.6 cm³/mol. The van der Waals surface area contributed by atoms with Gasteiger partial charge in [0.25, 0.3) is 0 Å². The first-order valence-electron chi connectivity index (χ1n) is 6.08. The summed E-state index contributed by atoms with van der Waals surface area (Å²) in [5.41, 5.74) is -0.233. The highest BCUT2D eigenvalue weighted by Gasteiger charge is 2.35. The largest absolute Gasteiger partial charge is 0.573 e. The molecule has 1 N–H and O–H groups in total. The molecule has 1 aromatic rings. The highest BCUT2D eigenvalue weighted by Crippen LogP contribution is 2.32. The number of carboxylic acid groups (broad SMARTS) is 1. The summed E-state index contributed by atoms with van der Waals surface area (Å²) in [5, 5.41) is 9.24. The minimum atomic E-state index is -4.95. The topological polar surface area (TPSA) is 66.8 Å². The van der Waals surface area contributed by atoms with Crippen molar-refractivity contribution >= 4 is 12.4 Å². The van der Waals surface area contributed by atoms with Gasteiger partial charge < -0.3 is 14.7 Å². The predicted octanol–water partition coefficient (Wildman–Crippen LogP) is 2.58. The van der Waals surface area contributed by atoms with E-state index in [0.717, 1.165) is 11.0 Å². The number of rotatable bonds is 7. The zero-order chi connectivity index (χ0) is 16.0.